The number of halogens is 3. The van der Waals surface area contributed by atoms with Gasteiger partial charge in [0.15, 0.2) is 0 Å². The van der Waals surface area contributed by atoms with E-state index in [1.165, 1.54) is 28.6 Å². The first kappa shape index (κ1) is 23.0. The molecule has 0 bridgehead atoms. The Morgan fingerprint density at radius 2 is 1.77 bits per heavy atom. The number of hydrogen-bond acceptors (Lipinski definition) is 6. The molecule has 1 saturated heterocycles. The molecule has 168 valence electrons. The van der Waals surface area contributed by atoms with E-state index in [2.05, 4.69) is 5.32 Å². The maximum absolute atomic E-state index is 12.9. The zero-order valence-corrected chi connectivity index (χ0v) is 17.4. The molecule has 0 unspecified atom stereocenters. The Kier molecular flexibility index (Phi) is 6.53. The molecule has 12 heteroatoms. The Balaban J connectivity index is 1.82. The Bertz CT molecular complexity index is 1070. The molecule has 0 aliphatic carbocycles. The standard InChI is InChI=1S/C19H21F3N4O4S/c1-24-7-9-25(10-8-24)31(29,30)16-5-6-17(18(12-16)26(27)28)23-13-14-3-2-4-15(11-14)19(20,21)22/h2-6,11-12,23H,7-10,13H2,1H3. The number of nitro groups is 1. The van der Waals surface area contributed by atoms with Gasteiger partial charge >= 0.3 is 6.18 Å². The van der Waals surface area contributed by atoms with Crippen LogP contribution in [-0.4, -0.2) is 55.8 Å². The molecule has 2 aromatic carbocycles. The molecule has 0 amide bonds. The summed E-state index contributed by atoms with van der Waals surface area (Å²) in [5, 5.41) is 14.2. The number of likely N-dealkylation sites (N-methyl/N-ethyl adjacent to an activating group) is 1. The molecular formula is C19H21F3N4O4S. The van der Waals surface area contributed by atoms with Gasteiger partial charge in [-0.05, 0) is 36.9 Å². The van der Waals surface area contributed by atoms with Crippen molar-refractivity contribution < 1.29 is 26.5 Å². The van der Waals surface area contributed by atoms with Crippen molar-refractivity contribution >= 4 is 21.4 Å². The van der Waals surface area contributed by atoms with Crippen LogP contribution in [0.15, 0.2) is 47.4 Å². The second-order valence-electron chi connectivity index (χ2n) is 7.20. The molecule has 0 radical (unpaired) electrons. The van der Waals surface area contributed by atoms with Crippen LogP contribution in [-0.2, 0) is 22.7 Å². The quantitative estimate of drug-likeness (QED) is 0.528. The minimum Gasteiger partial charge on any atom is -0.375 e. The van der Waals surface area contributed by atoms with Gasteiger partial charge in [0.2, 0.25) is 10.0 Å². The number of piperazine rings is 1. The van der Waals surface area contributed by atoms with Crippen LogP contribution in [0.2, 0.25) is 0 Å². The zero-order chi connectivity index (χ0) is 22.8. The minimum atomic E-state index is -4.50. The number of benzene rings is 2. The van der Waals surface area contributed by atoms with Gasteiger partial charge < -0.3 is 10.2 Å². The lowest BCUT2D eigenvalue weighted by Gasteiger charge is -2.31. The predicted octanol–water partition coefficient (Wildman–Crippen LogP) is 3.16. The summed E-state index contributed by atoms with van der Waals surface area (Å²) < 4.78 is 65.6. The lowest BCUT2D eigenvalue weighted by molar-refractivity contribution is -0.384. The second kappa shape index (κ2) is 8.81. The van der Waals surface area contributed by atoms with Gasteiger partial charge in [0.25, 0.3) is 5.69 Å². The van der Waals surface area contributed by atoms with E-state index >= 15 is 0 Å². The number of rotatable bonds is 6. The lowest BCUT2D eigenvalue weighted by Crippen LogP contribution is -2.47. The molecule has 1 fully saturated rings. The molecule has 1 N–H and O–H groups in total. The highest BCUT2D eigenvalue weighted by Crippen LogP contribution is 2.31. The molecule has 8 nitrogen and oxygen atoms in total. The Labute approximate surface area is 177 Å². The number of anilines is 1. The molecule has 3 rings (SSSR count). The third-order valence-electron chi connectivity index (χ3n) is 5.00. The first-order valence-corrected chi connectivity index (χ1v) is 10.8. The average molecular weight is 458 g/mol. The summed E-state index contributed by atoms with van der Waals surface area (Å²) >= 11 is 0. The second-order valence-corrected chi connectivity index (χ2v) is 9.13. The average Bonchev–Trinajstić information content (AvgIpc) is 2.72. The van der Waals surface area contributed by atoms with Gasteiger partial charge in [-0.1, -0.05) is 12.1 Å². The van der Waals surface area contributed by atoms with Crippen molar-refractivity contribution in [1.82, 2.24) is 9.21 Å². The molecular weight excluding hydrogens is 437 g/mol. The van der Waals surface area contributed by atoms with Gasteiger partial charge in [0, 0.05) is 38.8 Å². The molecule has 2 aromatic rings. The highest BCUT2D eigenvalue weighted by molar-refractivity contribution is 7.89. The smallest absolute Gasteiger partial charge is 0.375 e. The van der Waals surface area contributed by atoms with Crippen molar-refractivity contribution in [3.8, 4) is 0 Å². The molecule has 0 saturated carbocycles. The van der Waals surface area contributed by atoms with Crippen molar-refractivity contribution in [2.24, 2.45) is 0 Å². The first-order chi connectivity index (χ1) is 14.5. The van der Waals surface area contributed by atoms with Crippen molar-refractivity contribution in [2.75, 3.05) is 38.5 Å². The third kappa shape index (κ3) is 5.32. The van der Waals surface area contributed by atoms with E-state index in [0.29, 0.717) is 13.1 Å². The van der Waals surface area contributed by atoms with E-state index in [9.17, 15) is 31.7 Å². The SMILES string of the molecule is CN1CCN(S(=O)(=O)c2ccc(NCc3cccc(C(F)(F)F)c3)c([N+](=O)[O-])c2)CC1. The highest BCUT2D eigenvalue weighted by atomic mass is 32.2. The topological polar surface area (TPSA) is 95.8 Å². The number of hydrogen-bond donors (Lipinski definition) is 1. The van der Waals surface area contributed by atoms with Crippen molar-refractivity contribution in [3.05, 3.63) is 63.7 Å². The molecule has 1 aliphatic heterocycles. The summed E-state index contributed by atoms with van der Waals surface area (Å²) in [4.78, 5) is 12.6. The van der Waals surface area contributed by atoms with Crippen LogP contribution in [0.4, 0.5) is 24.5 Å². The van der Waals surface area contributed by atoms with Crippen LogP contribution in [0.3, 0.4) is 0 Å². The molecule has 0 aromatic heterocycles. The van der Waals surface area contributed by atoms with Crippen LogP contribution >= 0.6 is 0 Å². The molecule has 1 aliphatic rings. The highest BCUT2D eigenvalue weighted by Gasteiger charge is 2.31. The fourth-order valence-electron chi connectivity index (χ4n) is 3.20. The van der Waals surface area contributed by atoms with Gasteiger partial charge in [-0.15, -0.1) is 0 Å². The largest absolute Gasteiger partial charge is 0.416 e. The van der Waals surface area contributed by atoms with Gasteiger partial charge in [0.05, 0.1) is 15.4 Å². The normalized spacial score (nSPS) is 16.3. The van der Waals surface area contributed by atoms with Crippen LogP contribution in [0.5, 0.6) is 0 Å². The number of nitrogens with zero attached hydrogens (tertiary/aromatic N) is 3. The number of nitrogens with one attached hydrogen (secondary N) is 1. The first-order valence-electron chi connectivity index (χ1n) is 9.35. The molecule has 1 heterocycles. The maximum Gasteiger partial charge on any atom is 0.416 e. The number of sulfonamides is 1. The molecule has 31 heavy (non-hydrogen) atoms. The summed E-state index contributed by atoms with van der Waals surface area (Å²) in [5.74, 6) is 0. The summed E-state index contributed by atoms with van der Waals surface area (Å²) in [5.41, 5.74) is -1.00. The van der Waals surface area contributed by atoms with E-state index in [4.69, 9.17) is 0 Å². The Hall–Kier alpha value is -2.70. The van der Waals surface area contributed by atoms with E-state index in [0.717, 1.165) is 18.2 Å². The third-order valence-corrected chi connectivity index (χ3v) is 6.90. The van der Waals surface area contributed by atoms with Crippen LogP contribution in [0, 0.1) is 10.1 Å². The molecule has 0 spiro atoms. The van der Waals surface area contributed by atoms with E-state index in [1.807, 2.05) is 11.9 Å². The van der Waals surface area contributed by atoms with Gasteiger partial charge in [0.1, 0.15) is 5.69 Å². The lowest BCUT2D eigenvalue weighted by atomic mass is 10.1. The monoisotopic (exact) mass is 458 g/mol. The van der Waals surface area contributed by atoms with E-state index in [-0.39, 0.29) is 35.8 Å². The van der Waals surface area contributed by atoms with Crippen molar-refractivity contribution in [3.63, 3.8) is 0 Å². The molecule has 0 atom stereocenters. The number of alkyl halides is 3. The summed E-state index contributed by atoms with van der Waals surface area (Å²) in [6.45, 7) is 1.57. The fraction of sp³-hybridized carbons (Fsp3) is 0.368. The van der Waals surface area contributed by atoms with Gasteiger partial charge in [-0.2, -0.15) is 17.5 Å². The van der Waals surface area contributed by atoms with Crippen LogP contribution < -0.4 is 5.32 Å². The fourth-order valence-corrected chi connectivity index (χ4v) is 4.65. The van der Waals surface area contributed by atoms with Gasteiger partial charge in [-0.3, -0.25) is 10.1 Å². The summed E-state index contributed by atoms with van der Waals surface area (Å²) in [6.07, 6.45) is -4.50. The summed E-state index contributed by atoms with van der Waals surface area (Å²) in [7, 11) is -2.02. The van der Waals surface area contributed by atoms with E-state index < -0.39 is 32.4 Å². The van der Waals surface area contributed by atoms with Crippen LogP contribution in [0.25, 0.3) is 0 Å². The number of nitro benzene ring substituents is 1. The zero-order valence-electron chi connectivity index (χ0n) is 16.6. The predicted molar refractivity (Wildman–Crippen MR) is 108 cm³/mol. The van der Waals surface area contributed by atoms with Crippen molar-refractivity contribution in [2.45, 2.75) is 17.6 Å². The van der Waals surface area contributed by atoms with Gasteiger partial charge in [-0.25, -0.2) is 8.42 Å². The maximum atomic E-state index is 12.9. The Morgan fingerprint density at radius 3 is 2.39 bits per heavy atom. The van der Waals surface area contributed by atoms with Crippen LogP contribution in [0.1, 0.15) is 11.1 Å². The Morgan fingerprint density at radius 1 is 1.10 bits per heavy atom. The van der Waals surface area contributed by atoms with Crippen molar-refractivity contribution in [1.29, 1.82) is 0 Å². The van der Waals surface area contributed by atoms with E-state index in [1.54, 1.807) is 0 Å². The summed E-state index contributed by atoms with van der Waals surface area (Å²) in [6, 6.07) is 8.08. The minimum absolute atomic E-state index is 0.0136.